The fraction of sp³-hybridized carbons (Fsp3) is 0.263. The van der Waals surface area contributed by atoms with Gasteiger partial charge in [0.05, 0.1) is 10.6 Å². The van der Waals surface area contributed by atoms with Crippen molar-refractivity contribution in [1.29, 1.82) is 0 Å². The number of likely N-dealkylation sites (tertiary alicyclic amines) is 1. The lowest BCUT2D eigenvalue weighted by atomic mass is 10.1. The quantitative estimate of drug-likeness (QED) is 0.629. The van der Waals surface area contributed by atoms with Crippen LogP contribution < -0.4 is 9.47 Å². The molecule has 1 aliphatic rings. The van der Waals surface area contributed by atoms with Crippen LogP contribution in [0, 0.1) is 11.6 Å². The van der Waals surface area contributed by atoms with Crippen molar-refractivity contribution >= 4 is 23.5 Å². The van der Waals surface area contributed by atoms with Gasteiger partial charge in [0, 0.05) is 18.7 Å². The number of halogens is 6. The van der Waals surface area contributed by atoms with Crippen LogP contribution in [0.3, 0.4) is 0 Å². The third-order valence-corrected chi connectivity index (χ3v) is 4.70. The summed E-state index contributed by atoms with van der Waals surface area (Å²) in [6.45, 7) is 0.0833. The number of ether oxygens (including phenoxy) is 2. The van der Waals surface area contributed by atoms with Crippen molar-refractivity contribution in [3.05, 3.63) is 52.6 Å². The van der Waals surface area contributed by atoms with Crippen LogP contribution in [-0.4, -0.2) is 40.8 Å². The number of amides is 1. The van der Waals surface area contributed by atoms with Gasteiger partial charge in [-0.3, -0.25) is 4.79 Å². The highest BCUT2D eigenvalue weighted by Gasteiger charge is 2.36. The van der Waals surface area contributed by atoms with Crippen molar-refractivity contribution in [2.24, 2.45) is 0 Å². The third kappa shape index (κ3) is 5.16. The van der Waals surface area contributed by atoms with Gasteiger partial charge >= 0.3 is 12.3 Å². The van der Waals surface area contributed by atoms with Crippen LogP contribution in [0.2, 0.25) is 5.02 Å². The summed E-state index contributed by atoms with van der Waals surface area (Å²) in [6, 6.07) is 2.73. The number of hydrogen-bond acceptors (Lipinski definition) is 4. The number of carbonyl (C=O) groups is 2. The molecule has 1 amide bonds. The van der Waals surface area contributed by atoms with Crippen molar-refractivity contribution < 1.29 is 46.1 Å². The van der Waals surface area contributed by atoms with Crippen molar-refractivity contribution in [2.75, 3.05) is 6.54 Å². The Kier molecular flexibility index (Phi) is 6.25. The van der Waals surface area contributed by atoms with E-state index in [0.717, 1.165) is 23.1 Å². The fourth-order valence-corrected chi connectivity index (χ4v) is 3.28. The Hall–Kier alpha value is -3.08. The Morgan fingerprint density at radius 1 is 1.10 bits per heavy atom. The highest BCUT2D eigenvalue weighted by Crippen LogP contribution is 2.35. The van der Waals surface area contributed by atoms with Gasteiger partial charge in [-0.1, -0.05) is 11.6 Å². The molecule has 166 valence electrons. The zero-order valence-corrected chi connectivity index (χ0v) is 16.1. The summed E-state index contributed by atoms with van der Waals surface area (Å²) < 4.78 is 74.6. The van der Waals surface area contributed by atoms with E-state index < -0.39 is 58.0 Å². The van der Waals surface area contributed by atoms with Crippen LogP contribution >= 0.6 is 11.6 Å². The number of rotatable bonds is 5. The first-order valence-corrected chi connectivity index (χ1v) is 9.10. The van der Waals surface area contributed by atoms with Crippen LogP contribution in [0.1, 0.15) is 23.2 Å². The minimum absolute atomic E-state index is 0.0833. The van der Waals surface area contributed by atoms with Gasteiger partial charge in [-0.05, 0) is 31.0 Å². The van der Waals surface area contributed by atoms with Crippen molar-refractivity contribution in [1.82, 2.24) is 4.90 Å². The molecular formula is C19H13ClF5NO5. The molecule has 31 heavy (non-hydrogen) atoms. The van der Waals surface area contributed by atoms with Gasteiger partial charge in [0.25, 0.3) is 5.91 Å². The van der Waals surface area contributed by atoms with Gasteiger partial charge in [-0.2, -0.15) is 0 Å². The first kappa shape index (κ1) is 22.6. The van der Waals surface area contributed by atoms with E-state index in [-0.39, 0.29) is 18.7 Å². The molecule has 2 aromatic carbocycles. The van der Waals surface area contributed by atoms with E-state index in [1.54, 1.807) is 0 Å². The van der Waals surface area contributed by atoms with Gasteiger partial charge in [-0.25, -0.2) is 13.6 Å². The molecule has 0 bridgehead atoms. The Morgan fingerprint density at radius 2 is 1.81 bits per heavy atom. The smallest absolute Gasteiger partial charge is 0.480 e. The Balaban J connectivity index is 1.82. The molecule has 0 radical (unpaired) electrons. The largest absolute Gasteiger partial charge is 0.573 e. The minimum Gasteiger partial charge on any atom is -0.480 e. The maximum atomic E-state index is 14.5. The fourth-order valence-electron chi connectivity index (χ4n) is 3.07. The maximum absolute atomic E-state index is 14.5. The summed E-state index contributed by atoms with van der Waals surface area (Å²) in [5.74, 6) is -6.14. The second-order valence-corrected chi connectivity index (χ2v) is 6.91. The van der Waals surface area contributed by atoms with Crippen molar-refractivity contribution in [3.63, 3.8) is 0 Å². The van der Waals surface area contributed by atoms with E-state index in [1.165, 1.54) is 0 Å². The molecule has 1 N–H and O–H groups in total. The molecule has 1 heterocycles. The number of carboxylic acids is 1. The second kappa shape index (κ2) is 8.58. The first-order chi connectivity index (χ1) is 14.5. The average Bonchev–Trinajstić information content (AvgIpc) is 3.15. The number of carbonyl (C=O) groups excluding carboxylic acids is 1. The summed E-state index contributed by atoms with van der Waals surface area (Å²) in [7, 11) is 0. The summed E-state index contributed by atoms with van der Waals surface area (Å²) in [6.07, 6.45) is -4.37. The van der Waals surface area contributed by atoms with E-state index in [9.17, 15) is 31.5 Å². The van der Waals surface area contributed by atoms with Crippen molar-refractivity contribution in [2.45, 2.75) is 25.2 Å². The van der Waals surface area contributed by atoms with Crippen LogP contribution in [-0.2, 0) is 4.79 Å². The van der Waals surface area contributed by atoms with Crippen LogP contribution in [0.5, 0.6) is 17.2 Å². The van der Waals surface area contributed by atoms with Gasteiger partial charge < -0.3 is 19.5 Å². The van der Waals surface area contributed by atoms with E-state index in [4.69, 9.17) is 21.4 Å². The standard InChI is InChI=1S/C19H13ClF5NO5/c20-11-6-9(3-4-15(11)31-19(23,24)25)30-16-8-12(21)10(7-13(16)22)17(27)26-5-1-2-14(26)18(28)29/h3-4,6-8,14H,1-2,5H2,(H,28,29)/t14-/m0/s1. The van der Waals surface area contributed by atoms with E-state index in [0.29, 0.717) is 18.6 Å². The summed E-state index contributed by atoms with van der Waals surface area (Å²) >= 11 is 5.68. The molecule has 0 aromatic heterocycles. The predicted octanol–water partition coefficient (Wildman–Crippen LogP) is 5.00. The third-order valence-electron chi connectivity index (χ3n) is 4.41. The van der Waals surface area contributed by atoms with E-state index >= 15 is 0 Å². The Bertz CT molecular complexity index is 1030. The normalized spacial score (nSPS) is 16.3. The predicted molar refractivity (Wildman–Crippen MR) is 96.3 cm³/mol. The molecule has 6 nitrogen and oxygen atoms in total. The lowest BCUT2D eigenvalue weighted by Crippen LogP contribution is -2.40. The molecule has 0 saturated carbocycles. The Morgan fingerprint density at radius 3 is 2.42 bits per heavy atom. The highest BCUT2D eigenvalue weighted by molar-refractivity contribution is 6.32. The summed E-state index contributed by atoms with van der Waals surface area (Å²) in [4.78, 5) is 24.7. The van der Waals surface area contributed by atoms with Gasteiger partial charge in [-0.15, -0.1) is 13.2 Å². The molecule has 1 atom stereocenters. The van der Waals surface area contributed by atoms with Crippen LogP contribution in [0.4, 0.5) is 22.0 Å². The molecule has 0 aliphatic carbocycles. The van der Waals surface area contributed by atoms with Gasteiger partial charge in [0.1, 0.15) is 23.4 Å². The molecule has 1 fully saturated rings. The van der Waals surface area contributed by atoms with E-state index in [2.05, 4.69) is 4.74 Å². The molecule has 1 saturated heterocycles. The number of alkyl halides is 3. The molecular weight excluding hydrogens is 453 g/mol. The highest BCUT2D eigenvalue weighted by atomic mass is 35.5. The number of benzene rings is 2. The van der Waals surface area contributed by atoms with Crippen LogP contribution in [0.15, 0.2) is 30.3 Å². The molecule has 2 aromatic rings. The summed E-state index contributed by atoms with van der Waals surface area (Å²) in [5, 5.41) is 8.66. The topological polar surface area (TPSA) is 76.1 Å². The maximum Gasteiger partial charge on any atom is 0.573 e. The van der Waals surface area contributed by atoms with Crippen molar-refractivity contribution in [3.8, 4) is 17.2 Å². The van der Waals surface area contributed by atoms with E-state index in [1.807, 2.05) is 0 Å². The zero-order valence-electron chi connectivity index (χ0n) is 15.4. The zero-order chi connectivity index (χ0) is 22.9. The molecule has 0 spiro atoms. The first-order valence-electron chi connectivity index (χ1n) is 8.72. The molecule has 0 unspecified atom stereocenters. The average molecular weight is 466 g/mol. The number of aliphatic carboxylic acids is 1. The lowest BCUT2D eigenvalue weighted by Gasteiger charge is -2.22. The summed E-state index contributed by atoms with van der Waals surface area (Å²) in [5.41, 5.74) is -0.676. The minimum atomic E-state index is -4.97. The molecule has 1 aliphatic heterocycles. The van der Waals surface area contributed by atoms with Crippen LogP contribution in [0.25, 0.3) is 0 Å². The number of hydrogen-bond donors (Lipinski definition) is 1. The van der Waals surface area contributed by atoms with Gasteiger partial charge in [0.2, 0.25) is 0 Å². The number of carboxylic acid groups (broad SMARTS) is 1. The molecule has 12 heteroatoms. The SMILES string of the molecule is O=C(O)[C@@H]1CCCN1C(=O)c1cc(F)c(Oc2ccc(OC(F)(F)F)c(Cl)c2)cc1F. The van der Waals surface area contributed by atoms with Gasteiger partial charge in [0.15, 0.2) is 11.6 Å². The molecule has 3 rings (SSSR count). The Labute approximate surface area is 176 Å². The monoisotopic (exact) mass is 465 g/mol. The number of nitrogens with zero attached hydrogens (tertiary/aromatic N) is 1. The lowest BCUT2D eigenvalue weighted by molar-refractivity contribution is -0.274. The second-order valence-electron chi connectivity index (χ2n) is 6.50.